The van der Waals surface area contributed by atoms with Gasteiger partial charge in [-0.05, 0) is 19.1 Å². The van der Waals surface area contributed by atoms with Gasteiger partial charge in [0.15, 0.2) is 0 Å². The van der Waals surface area contributed by atoms with Crippen LogP contribution in [0.4, 0.5) is 0 Å². The molecule has 0 heterocycles. The van der Waals surface area contributed by atoms with Crippen LogP contribution in [-0.2, 0) is 0 Å². The predicted octanol–water partition coefficient (Wildman–Crippen LogP) is 0.711. The van der Waals surface area contributed by atoms with Crippen LogP contribution in [0.2, 0.25) is 0 Å². The molecule has 4 nitrogen and oxygen atoms in total. The molecule has 14 heavy (non-hydrogen) atoms. The van der Waals surface area contributed by atoms with Crippen molar-refractivity contribution in [1.29, 1.82) is 0 Å². The Balaban J connectivity index is 0.000000292. The summed E-state index contributed by atoms with van der Waals surface area (Å²) in [7, 11) is 0. The zero-order valence-electron chi connectivity index (χ0n) is 8.05. The number of nitrogens with two attached hydrogens (primary N) is 1. The molecule has 1 rings (SSSR count). The minimum absolute atomic E-state index is 0.331. The number of hydrogen-bond acceptors (Lipinski definition) is 3. The van der Waals surface area contributed by atoms with Gasteiger partial charge in [-0.2, -0.15) is 0 Å². The van der Waals surface area contributed by atoms with E-state index in [1.807, 2.05) is 0 Å². The number of carbonyl (C=O) groups is 1. The predicted molar refractivity (Wildman–Crippen MR) is 54.1 cm³/mol. The van der Waals surface area contributed by atoms with Crippen LogP contribution >= 0.6 is 0 Å². The zero-order chi connectivity index (χ0) is 11.0. The van der Waals surface area contributed by atoms with Gasteiger partial charge in [-0.3, -0.25) is 0 Å². The number of aliphatic hydroxyl groups excluding tert-OH is 1. The minimum Gasteiger partial charge on any atom is -0.478 e. The van der Waals surface area contributed by atoms with E-state index in [9.17, 15) is 4.79 Å². The Kier molecular flexibility index (Phi) is 6.36. The number of hydrogen-bond donors (Lipinski definition) is 3. The summed E-state index contributed by atoms with van der Waals surface area (Å²) < 4.78 is 0. The molecule has 1 aromatic rings. The van der Waals surface area contributed by atoms with Crippen molar-refractivity contribution in [3.05, 3.63) is 35.9 Å². The Hall–Kier alpha value is -1.39. The lowest BCUT2D eigenvalue weighted by Crippen LogP contribution is -2.14. The molecule has 1 atom stereocenters. The minimum atomic E-state index is -0.879. The van der Waals surface area contributed by atoms with E-state index in [1.165, 1.54) is 0 Å². The van der Waals surface area contributed by atoms with E-state index in [2.05, 4.69) is 0 Å². The molecular formula is C10H15NO3. The van der Waals surface area contributed by atoms with Crippen molar-refractivity contribution in [1.82, 2.24) is 0 Å². The first kappa shape index (κ1) is 12.6. The van der Waals surface area contributed by atoms with Crippen LogP contribution in [0, 0.1) is 0 Å². The van der Waals surface area contributed by atoms with Crippen LogP contribution in [-0.4, -0.2) is 28.8 Å². The van der Waals surface area contributed by atoms with Gasteiger partial charge in [0.1, 0.15) is 0 Å². The molecular weight excluding hydrogens is 182 g/mol. The lowest BCUT2D eigenvalue weighted by molar-refractivity contribution is 0.0697. The van der Waals surface area contributed by atoms with Gasteiger partial charge in [0.2, 0.25) is 0 Å². The molecule has 4 N–H and O–H groups in total. The molecule has 1 unspecified atom stereocenters. The van der Waals surface area contributed by atoms with Crippen LogP contribution < -0.4 is 5.73 Å². The van der Waals surface area contributed by atoms with E-state index in [4.69, 9.17) is 15.9 Å². The van der Waals surface area contributed by atoms with Crippen molar-refractivity contribution in [3.63, 3.8) is 0 Å². The van der Waals surface area contributed by atoms with Crippen molar-refractivity contribution >= 4 is 5.97 Å². The number of carboxylic acid groups (broad SMARTS) is 1. The highest BCUT2D eigenvalue weighted by molar-refractivity contribution is 5.87. The summed E-state index contributed by atoms with van der Waals surface area (Å²) in [5.74, 6) is -0.879. The van der Waals surface area contributed by atoms with Gasteiger partial charge in [-0.15, -0.1) is 0 Å². The molecule has 0 aliphatic heterocycles. The van der Waals surface area contributed by atoms with Crippen molar-refractivity contribution in [2.45, 2.75) is 13.0 Å². The van der Waals surface area contributed by atoms with Gasteiger partial charge in [0, 0.05) is 6.54 Å². The van der Waals surface area contributed by atoms with E-state index in [0.717, 1.165) is 0 Å². The fourth-order valence-corrected chi connectivity index (χ4v) is 0.581. The molecule has 0 aliphatic carbocycles. The van der Waals surface area contributed by atoms with Gasteiger partial charge in [0.25, 0.3) is 0 Å². The van der Waals surface area contributed by atoms with Crippen LogP contribution in [0.5, 0.6) is 0 Å². The number of aliphatic hydroxyl groups is 1. The fraction of sp³-hybridized carbons (Fsp3) is 0.300. The largest absolute Gasteiger partial charge is 0.478 e. The molecule has 0 aliphatic rings. The molecule has 4 heteroatoms. The number of aromatic carboxylic acids is 1. The monoisotopic (exact) mass is 197 g/mol. The first-order valence-corrected chi connectivity index (χ1v) is 4.24. The molecule has 0 bridgehead atoms. The average molecular weight is 197 g/mol. The summed E-state index contributed by atoms with van der Waals surface area (Å²) in [4.78, 5) is 10.2. The maximum absolute atomic E-state index is 10.2. The average Bonchev–Trinajstić information content (AvgIpc) is 2.20. The van der Waals surface area contributed by atoms with Gasteiger partial charge in [-0.25, -0.2) is 4.79 Å². The number of benzene rings is 1. The van der Waals surface area contributed by atoms with Crippen molar-refractivity contribution in [2.24, 2.45) is 5.73 Å². The molecule has 0 saturated carbocycles. The maximum Gasteiger partial charge on any atom is 0.335 e. The molecule has 78 valence electrons. The SMILES string of the molecule is CC(O)CN.O=C(O)c1ccccc1. The highest BCUT2D eigenvalue weighted by atomic mass is 16.4. The highest BCUT2D eigenvalue weighted by Crippen LogP contribution is 1.96. The van der Waals surface area contributed by atoms with E-state index in [0.29, 0.717) is 12.1 Å². The molecule has 1 aromatic carbocycles. The van der Waals surface area contributed by atoms with Gasteiger partial charge in [0.05, 0.1) is 11.7 Å². The Bertz CT molecular complexity index is 259. The summed E-state index contributed by atoms with van der Waals surface area (Å²) >= 11 is 0. The van der Waals surface area contributed by atoms with Gasteiger partial charge in [-0.1, -0.05) is 18.2 Å². The summed E-state index contributed by atoms with van der Waals surface area (Å²) in [5, 5.41) is 16.6. The Labute approximate surface area is 83.0 Å². The molecule has 0 amide bonds. The zero-order valence-corrected chi connectivity index (χ0v) is 8.05. The Morgan fingerprint density at radius 1 is 1.43 bits per heavy atom. The summed E-state index contributed by atoms with van der Waals surface area (Å²) in [6.45, 7) is 2.01. The lowest BCUT2D eigenvalue weighted by Gasteiger charge is -1.91. The first-order valence-electron chi connectivity index (χ1n) is 4.24. The van der Waals surface area contributed by atoms with Crippen molar-refractivity contribution in [2.75, 3.05) is 6.54 Å². The fourth-order valence-electron chi connectivity index (χ4n) is 0.581. The van der Waals surface area contributed by atoms with Crippen LogP contribution in [0.1, 0.15) is 17.3 Å². The van der Waals surface area contributed by atoms with Gasteiger partial charge < -0.3 is 15.9 Å². The number of carboxylic acids is 1. The van der Waals surface area contributed by atoms with E-state index >= 15 is 0 Å². The molecule has 0 aromatic heterocycles. The third kappa shape index (κ3) is 6.16. The van der Waals surface area contributed by atoms with E-state index in [-0.39, 0.29) is 6.10 Å². The summed E-state index contributed by atoms with van der Waals surface area (Å²) in [6, 6.07) is 8.30. The standard InChI is InChI=1S/C7H6O2.C3H9NO/c8-7(9)6-4-2-1-3-5-6;1-3(5)2-4/h1-5H,(H,8,9);3,5H,2,4H2,1H3. The van der Waals surface area contributed by atoms with Gasteiger partial charge >= 0.3 is 5.97 Å². The van der Waals surface area contributed by atoms with E-state index < -0.39 is 5.97 Å². The van der Waals surface area contributed by atoms with Crippen LogP contribution in [0.25, 0.3) is 0 Å². The van der Waals surface area contributed by atoms with Crippen LogP contribution in [0.15, 0.2) is 30.3 Å². The second-order valence-electron chi connectivity index (χ2n) is 2.76. The topological polar surface area (TPSA) is 83.5 Å². The highest BCUT2D eigenvalue weighted by Gasteiger charge is 1.96. The second kappa shape index (κ2) is 7.06. The van der Waals surface area contributed by atoms with Crippen molar-refractivity contribution < 1.29 is 15.0 Å². The molecule has 0 saturated heterocycles. The summed E-state index contributed by atoms with van der Waals surface area (Å²) in [5.41, 5.74) is 5.25. The maximum atomic E-state index is 10.2. The smallest absolute Gasteiger partial charge is 0.335 e. The Morgan fingerprint density at radius 2 is 1.86 bits per heavy atom. The van der Waals surface area contributed by atoms with E-state index in [1.54, 1.807) is 37.3 Å². The van der Waals surface area contributed by atoms with Crippen molar-refractivity contribution in [3.8, 4) is 0 Å². The summed E-state index contributed by atoms with van der Waals surface area (Å²) in [6.07, 6.45) is -0.338. The molecule has 0 radical (unpaired) electrons. The number of rotatable bonds is 2. The lowest BCUT2D eigenvalue weighted by atomic mass is 10.2. The molecule has 0 fully saturated rings. The second-order valence-corrected chi connectivity index (χ2v) is 2.76. The molecule has 0 spiro atoms. The first-order chi connectivity index (χ1) is 6.57. The third-order valence-corrected chi connectivity index (χ3v) is 1.36. The normalized spacial score (nSPS) is 11.1. The quantitative estimate of drug-likeness (QED) is 0.652. The van der Waals surface area contributed by atoms with Crippen LogP contribution in [0.3, 0.4) is 0 Å². The Morgan fingerprint density at radius 3 is 2.07 bits per heavy atom. The third-order valence-electron chi connectivity index (χ3n) is 1.36.